The maximum atomic E-state index is 10.5. The largest absolute Gasteiger partial charge is 0.480 e. The number of nitrogens with zero attached hydrogens (tertiary/aromatic N) is 1. The topological polar surface area (TPSA) is 52.6 Å². The molecule has 4 nitrogen and oxygen atoms in total. The molecule has 4 heteroatoms. The zero-order valence-corrected chi connectivity index (χ0v) is 13.5. The summed E-state index contributed by atoms with van der Waals surface area (Å²) in [6.07, 6.45) is 10.3. The van der Waals surface area contributed by atoms with Crippen LogP contribution >= 0.6 is 0 Å². The van der Waals surface area contributed by atoms with Crippen LogP contribution in [0.15, 0.2) is 0 Å². The minimum Gasteiger partial charge on any atom is -0.480 e. The van der Waals surface area contributed by atoms with Gasteiger partial charge in [-0.2, -0.15) is 0 Å². The van der Waals surface area contributed by atoms with E-state index in [4.69, 9.17) is 5.11 Å². The molecule has 0 bridgehead atoms. The number of hydrogen-bond donors (Lipinski definition) is 2. The summed E-state index contributed by atoms with van der Waals surface area (Å²) in [6, 6.07) is 0. The van der Waals surface area contributed by atoms with Gasteiger partial charge in [0.15, 0.2) is 0 Å². The number of hydrogen-bond acceptors (Lipinski definition) is 3. The average molecular weight is 286 g/mol. The lowest BCUT2D eigenvalue weighted by molar-refractivity contribution is -0.135. The minimum atomic E-state index is -0.776. The van der Waals surface area contributed by atoms with Crippen LogP contribution in [0, 0.1) is 0 Å². The Hall–Kier alpha value is -0.610. The van der Waals surface area contributed by atoms with Gasteiger partial charge < -0.3 is 15.3 Å². The molecule has 0 aliphatic carbocycles. The van der Waals surface area contributed by atoms with E-state index in [1.54, 1.807) is 0 Å². The predicted octanol–water partition coefficient (Wildman–Crippen LogP) is 3.12. The van der Waals surface area contributed by atoms with E-state index in [9.17, 15) is 4.79 Å². The SMILES string of the molecule is CCCCCCN(CCCCCC)CCNCC(=O)O. The maximum Gasteiger partial charge on any atom is 0.317 e. The number of rotatable bonds is 15. The number of aliphatic carboxylic acids is 1. The number of carbonyl (C=O) groups is 1. The molecule has 0 aliphatic heterocycles. The zero-order chi connectivity index (χ0) is 15.1. The van der Waals surface area contributed by atoms with Crippen molar-refractivity contribution in [2.75, 3.05) is 32.7 Å². The molecule has 0 aromatic heterocycles. The van der Waals surface area contributed by atoms with Crippen molar-refractivity contribution in [3.63, 3.8) is 0 Å². The Morgan fingerprint density at radius 2 is 1.45 bits per heavy atom. The molecular weight excluding hydrogens is 252 g/mol. The van der Waals surface area contributed by atoms with Crippen molar-refractivity contribution in [1.82, 2.24) is 10.2 Å². The summed E-state index contributed by atoms with van der Waals surface area (Å²) in [5.74, 6) is -0.776. The van der Waals surface area contributed by atoms with E-state index in [0.29, 0.717) is 0 Å². The Bertz CT molecular complexity index is 211. The molecule has 0 heterocycles. The van der Waals surface area contributed by atoms with Crippen LogP contribution in [0.5, 0.6) is 0 Å². The molecule has 2 N–H and O–H groups in total. The molecule has 0 aromatic carbocycles. The first-order chi connectivity index (χ1) is 9.70. The molecule has 0 amide bonds. The number of carboxylic acids is 1. The molecule has 0 aromatic rings. The Labute approximate surface area is 124 Å². The third kappa shape index (κ3) is 13.8. The molecule has 0 saturated carbocycles. The van der Waals surface area contributed by atoms with Gasteiger partial charge in [0.25, 0.3) is 0 Å². The summed E-state index contributed by atoms with van der Waals surface area (Å²) in [6.45, 7) is 8.58. The van der Waals surface area contributed by atoms with Gasteiger partial charge in [0, 0.05) is 13.1 Å². The summed E-state index contributed by atoms with van der Waals surface area (Å²) in [5, 5.41) is 11.6. The van der Waals surface area contributed by atoms with Crippen LogP contribution in [0.25, 0.3) is 0 Å². The quantitative estimate of drug-likeness (QED) is 0.454. The van der Waals surface area contributed by atoms with Crippen molar-refractivity contribution >= 4 is 5.97 Å². The molecule has 0 fully saturated rings. The van der Waals surface area contributed by atoms with Crippen LogP contribution in [-0.2, 0) is 4.79 Å². The first-order valence-electron chi connectivity index (χ1n) is 8.35. The monoisotopic (exact) mass is 286 g/mol. The fourth-order valence-corrected chi connectivity index (χ4v) is 2.29. The lowest BCUT2D eigenvalue weighted by Crippen LogP contribution is -2.35. The smallest absolute Gasteiger partial charge is 0.317 e. The highest BCUT2D eigenvalue weighted by Crippen LogP contribution is 2.04. The van der Waals surface area contributed by atoms with Crippen LogP contribution in [0.1, 0.15) is 65.2 Å². The Balaban J connectivity index is 3.75. The second-order valence-corrected chi connectivity index (χ2v) is 5.53. The summed E-state index contributed by atoms with van der Waals surface area (Å²) >= 11 is 0. The Morgan fingerprint density at radius 1 is 0.900 bits per heavy atom. The number of nitrogens with one attached hydrogen (secondary N) is 1. The van der Waals surface area contributed by atoms with Gasteiger partial charge in [-0.1, -0.05) is 52.4 Å². The van der Waals surface area contributed by atoms with Gasteiger partial charge in [0.2, 0.25) is 0 Å². The minimum absolute atomic E-state index is 0.0690. The molecule has 0 spiro atoms. The molecule has 0 atom stereocenters. The van der Waals surface area contributed by atoms with Gasteiger partial charge in [0.1, 0.15) is 0 Å². The van der Waals surface area contributed by atoms with Crippen LogP contribution in [0.3, 0.4) is 0 Å². The Morgan fingerprint density at radius 3 is 1.90 bits per heavy atom. The standard InChI is InChI=1S/C16H34N2O2/c1-3-5-7-9-12-18(13-10-8-6-4-2)14-11-17-15-16(19)20/h17H,3-15H2,1-2H3,(H,19,20). The summed E-state index contributed by atoms with van der Waals surface area (Å²) in [7, 11) is 0. The first-order valence-corrected chi connectivity index (χ1v) is 8.35. The molecule has 0 radical (unpaired) electrons. The fourth-order valence-electron chi connectivity index (χ4n) is 2.29. The van der Waals surface area contributed by atoms with E-state index >= 15 is 0 Å². The molecular formula is C16H34N2O2. The molecule has 0 saturated heterocycles. The summed E-state index contributed by atoms with van der Waals surface area (Å²) in [5.41, 5.74) is 0. The second-order valence-electron chi connectivity index (χ2n) is 5.53. The van der Waals surface area contributed by atoms with Crippen molar-refractivity contribution in [3.8, 4) is 0 Å². The van der Waals surface area contributed by atoms with Crippen molar-refractivity contribution in [2.45, 2.75) is 65.2 Å². The van der Waals surface area contributed by atoms with E-state index in [1.165, 1.54) is 51.4 Å². The lowest BCUT2D eigenvalue weighted by Gasteiger charge is -2.22. The molecule has 120 valence electrons. The zero-order valence-electron chi connectivity index (χ0n) is 13.5. The van der Waals surface area contributed by atoms with E-state index in [-0.39, 0.29) is 6.54 Å². The molecule has 0 rings (SSSR count). The van der Waals surface area contributed by atoms with Gasteiger partial charge in [-0.15, -0.1) is 0 Å². The van der Waals surface area contributed by atoms with Crippen molar-refractivity contribution in [1.29, 1.82) is 0 Å². The predicted molar refractivity (Wildman–Crippen MR) is 85.2 cm³/mol. The van der Waals surface area contributed by atoms with E-state index in [2.05, 4.69) is 24.1 Å². The van der Waals surface area contributed by atoms with Gasteiger partial charge in [-0.3, -0.25) is 4.79 Å². The lowest BCUT2D eigenvalue weighted by atomic mass is 10.1. The summed E-state index contributed by atoms with van der Waals surface area (Å²) < 4.78 is 0. The third-order valence-electron chi connectivity index (χ3n) is 3.54. The Kier molecular flexibility index (Phi) is 14.3. The van der Waals surface area contributed by atoms with Crippen LogP contribution in [0.2, 0.25) is 0 Å². The molecule has 0 unspecified atom stereocenters. The van der Waals surface area contributed by atoms with Crippen LogP contribution in [0.4, 0.5) is 0 Å². The number of unbranched alkanes of at least 4 members (excludes halogenated alkanes) is 6. The van der Waals surface area contributed by atoms with Gasteiger partial charge in [-0.25, -0.2) is 0 Å². The van der Waals surface area contributed by atoms with Crippen molar-refractivity contribution in [3.05, 3.63) is 0 Å². The highest BCUT2D eigenvalue weighted by molar-refractivity contribution is 5.68. The summed E-state index contributed by atoms with van der Waals surface area (Å²) in [4.78, 5) is 12.9. The van der Waals surface area contributed by atoms with Crippen molar-refractivity contribution in [2.24, 2.45) is 0 Å². The normalized spacial score (nSPS) is 11.2. The van der Waals surface area contributed by atoms with Crippen molar-refractivity contribution < 1.29 is 9.90 Å². The van der Waals surface area contributed by atoms with Crippen LogP contribution in [-0.4, -0.2) is 48.7 Å². The van der Waals surface area contributed by atoms with Crippen LogP contribution < -0.4 is 5.32 Å². The fraction of sp³-hybridized carbons (Fsp3) is 0.938. The van der Waals surface area contributed by atoms with E-state index in [1.807, 2.05) is 0 Å². The highest BCUT2D eigenvalue weighted by Gasteiger charge is 2.05. The number of carboxylic acid groups (broad SMARTS) is 1. The molecule has 20 heavy (non-hydrogen) atoms. The third-order valence-corrected chi connectivity index (χ3v) is 3.54. The average Bonchev–Trinajstić information content (AvgIpc) is 2.43. The van der Waals surface area contributed by atoms with Gasteiger partial charge in [-0.05, 0) is 25.9 Å². The van der Waals surface area contributed by atoms with Gasteiger partial charge >= 0.3 is 5.97 Å². The second kappa shape index (κ2) is 14.8. The highest BCUT2D eigenvalue weighted by atomic mass is 16.4. The maximum absolute atomic E-state index is 10.5. The first kappa shape index (κ1) is 19.4. The van der Waals surface area contributed by atoms with Gasteiger partial charge in [0.05, 0.1) is 6.54 Å². The van der Waals surface area contributed by atoms with E-state index in [0.717, 1.165) is 26.2 Å². The van der Waals surface area contributed by atoms with E-state index < -0.39 is 5.97 Å². The molecule has 0 aliphatic rings.